The average Bonchev–Trinajstić information content (AvgIpc) is 3.45. The Hall–Kier alpha value is -2.14. The molecule has 2 aliphatic rings. The first-order valence-corrected chi connectivity index (χ1v) is 13.5. The number of benzene rings is 1. The van der Waals surface area contributed by atoms with E-state index in [9.17, 15) is 19.5 Å². The number of nitrogen functional groups attached to an aromatic ring is 1. The van der Waals surface area contributed by atoms with Gasteiger partial charge in [-0.05, 0) is 12.1 Å². The van der Waals surface area contributed by atoms with Gasteiger partial charge in [-0.2, -0.15) is 0 Å². The molecule has 3 aromatic rings. The van der Waals surface area contributed by atoms with E-state index in [1.54, 1.807) is 5.38 Å². The van der Waals surface area contributed by atoms with Crippen LogP contribution in [0.5, 0.6) is 0 Å². The number of aliphatic carboxylic acids is 1. The summed E-state index contributed by atoms with van der Waals surface area (Å²) in [5, 5.41) is 19.5. The van der Waals surface area contributed by atoms with E-state index >= 15 is 0 Å². The van der Waals surface area contributed by atoms with E-state index < -0.39 is 29.2 Å². The first-order chi connectivity index (χ1) is 16.9. The quantitative estimate of drug-likeness (QED) is 0.139. The van der Waals surface area contributed by atoms with Crippen molar-refractivity contribution in [2.24, 2.45) is 5.16 Å². The summed E-state index contributed by atoms with van der Waals surface area (Å²) in [6.45, 7) is 0. The molecular weight excluding hydrogens is 556 g/mol. The molecule has 5 rings (SSSR count). The molecule has 0 radical (unpaired) electrons. The third-order valence-electron chi connectivity index (χ3n) is 5.06. The zero-order chi connectivity index (χ0) is 24.7. The number of nitrogens with one attached hydrogen (secondary N) is 1. The third-order valence-corrected chi connectivity index (χ3v) is 9.38. The molecule has 180 valence electrons. The van der Waals surface area contributed by atoms with Gasteiger partial charge in [0.25, 0.3) is 11.8 Å². The van der Waals surface area contributed by atoms with Crippen molar-refractivity contribution < 1.29 is 53.9 Å². The van der Waals surface area contributed by atoms with Gasteiger partial charge in [-0.1, -0.05) is 29.1 Å². The number of carboxylic acid groups (broad SMARTS) is 1. The Bertz CT molecular complexity index is 1390. The summed E-state index contributed by atoms with van der Waals surface area (Å²) in [5.41, 5.74) is 6.31. The van der Waals surface area contributed by atoms with Crippen molar-refractivity contribution >= 4 is 85.0 Å². The van der Waals surface area contributed by atoms with Crippen LogP contribution in [0, 0.1) is 0 Å². The van der Waals surface area contributed by atoms with Crippen LogP contribution >= 0.6 is 46.2 Å². The van der Waals surface area contributed by atoms with E-state index in [0.717, 1.165) is 26.5 Å². The molecule has 0 saturated carbocycles. The molecule has 3 N–H and O–H groups in total. The molecule has 4 heterocycles. The molecule has 1 fully saturated rings. The number of thioether (sulfide) groups is 2. The summed E-state index contributed by atoms with van der Waals surface area (Å²) in [6.07, 6.45) is 0. The van der Waals surface area contributed by atoms with E-state index in [-0.39, 0.29) is 51.8 Å². The van der Waals surface area contributed by atoms with Gasteiger partial charge in [-0.15, -0.1) is 34.4 Å². The molecule has 1 saturated heterocycles. The van der Waals surface area contributed by atoms with Crippen LogP contribution in [-0.2, 0) is 19.2 Å². The second kappa shape index (κ2) is 11.1. The van der Waals surface area contributed by atoms with Crippen LogP contribution in [0.2, 0.25) is 0 Å². The number of carboxylic acids is 1. The second-order valence-corrected chi connectivity index (χ2v) is 11.5. The van der Waals surface area contributed by atoms with Crippen LogP contribution < -0.4 is 45.7 Å². The number of nitrogens with zero attached hydrogens (tertiary/aromatic N) is 4. The molecule has 2 aliphatic heterocycles. The van der Waals surface area contributed by atoms with Crippen molar-refractivity contribution in [2.45, 2.75) is 15.8 Å². The van der Waals surface area contributed by atoms with Crippen molar-refractivity contribution in [3.8, 4) is 0 Å². The number of amides is 2. The molecule has 36 heavy (non-hydrogen) atoms. The predicted molar refractivity (Wildman–Crippen MR) is 133 cm³/mol. The van der Waals surface area contributed by atoms with E-state index in [2.05, 4.69) is 20.4 Å². The van der Waals surface area contributed by atoms with Gasteiger partial charge in [-0.25, -0.2) is 9.97 Å². The van der Waals surface area contributed by atoms with E-state index in [1.807, 2.05) is 24.3 Å². The minimum Gasteiger partial charge on any atom is -0.543 e. The van der Waals surface area contributed by atoms with Crippen molar-refractivity contribution in [3.63, 3.8) is 0 Å². The van der Waals surface area contributed by atoms with Gasteiger partial charge in [-0.3, -0.25) is 14.5 Å². The molecular formula is C20H15N6NaO5S4. The number of carbonyl (C=O) groups is 3. The number of nitrogens with two attached hydrogens (primary N) is 1. The van der Waals surface area contributed by atoms with Crippen LogP contribution in [0.1, 0.15) is 5.69 Å². The number of hydrogen-bond acceptors (Lipinski definition) is 13. The summed E-state index contributed by atoms with van der Waals surface area (Å²) in [6, 6.07) is 6.64. The first kappa shape index (κ1) is 26.9. The first-order valence-electron chi connectivity index (χ1n) is 9.93. The minimum atomic E-state index is -1.46. The maximum Gasteiger partial charge on any atom is 1.00 e. The third kappa shape index (κ3) is 5.01. The smallest absolute Gasteiger partial charge is 0.543 e. The van der Waals surface area contributed by atoms with Gasteiger partial charge < -0.3 is 25.8 Å². The van der Waals surface area contributed by atoms with E-state index in [0.29, 0.717) is 15.0 Å². The zero-order valence-corrected chi connectivity index (χ0v) is 24.1. The van der Waals surface area contributed by atoms with E-state index in [4.69, 9.17) is 10.6 Å². The molecule has 1 unspecified atom stereocenters. The Morgan fingerprint density at radius 1 is 1.33 bits per heavy atom. The maximum atomic E-state index is 13.0. The van der Waals surface area contributed by atoms with Gasteiger partial charge in [0.1, 0.15) is 24.2 Å². The number of rotatable bonds is 7. The molecule has 11 nitrogen and oxygen atoms in total. The Kier molecular flexibility index (Phi) is 8.28. The molecule has 0 aliphatic carbocycles. The number of β-lactam (4-membered cyclic amide) rings is 1. The number of aromatic nitrogens is 2. The fraction of sp³-hybridized carbons (Fsp3) is 0.200. The summed E-state index contributed by atoms with van der Waals surface area (Å²) in [4.78, 5) is 52.7. The topological polar surface area (TPSA) is 163 Å². The van der Waals surface area contributed by atoms with Crippen molar-refractivity contribution in [3.05, 3.63) is 45.9 Å². The van der Waals surface area contributed by atoms with Crippen LogP contribution in [-0.4, -0.2) is 62.6 Å². The van der Waals surface area contributed by atoms with Crippen LogP contribution in [0.3, 0.4) is 0 Å². The summed E-state index contributed by atoms with van der Waals surface area (Å²) in [5.74, 6) is -2.40. The van der Waals surface area contributed by atoms with Crippen LogP contribution in [0.4, 0.5) is 5.13 Å². The van der Waals surface area contributed by atoms with Crippen molar-refractivity contribution in [1.82, 2.24) is 20.2 Å². The fourth-order valence-electron chi connectivity index (χ4n) is 3.56. The molecule has 1 aromatic carbocycles. The number of para-hydroxylation sites is 1. The minimum absolute atomic E-state index is 0. The molecule has 2 aromatic heterocycles. The SMILES string of the molecule is CO/N=C(\C(=O)NC1C(=O)N2C(C(=O)[O-])=C(Sc3nc4ccccc4s3)CS[C@H]12)c1csc(N)n1.[Na+]. The zero-order valence-electron chi connectivity index (χ0n) is 18.8. The predicted octanol–water partition coefficient (Wildman–Crippen LogP) is -2.16. The number of thiazole rings is 2. The van der Waals surface area contributed by atoms with Crippen molar-refractivity contribution in [2.75, 3.05) is 18.6 Å². The molecule has 2 amide bonds. The Balaban J connectivity index is 0.00000304. The number of hydrogen-bond donors (Lipinski definition) is 2. The molecule has 16 heteroatoms. The Labute approximate surface area is 242 Å². The second-order valence-electron chi connectivity index (χ2n) is 7.16. The Morgan fingerprint density at radius 3 is 2.78 bits per heavy atom. The maximum absolute atomic E-state index is 13.0. The summed E-state index contributed by atoms with van der Waals surface area (Å²) in [7, 11) is 1.28. The molecule has 0 bridgehead atoms. The largest absolute Gasteiger partial charge is 1.00 e. The van der Waals surface area contributed by atoms with Crippen LogP contribution in [0.15, 0.2) is 49.7 Å². The number of oxime groups is 1. The number of fused-ring (bicyclic) bond motifs is 2. The monoisotopic (exact) mass is 570 g/mol. The summed E-state index contributed by atoms with van der Waals surface area (Å²) >= 11 is 5.11. The van der Waals surface area contributed by atoms with Gasteiger partial charge >= 0.3 is 29.6 Å². The summed E-state index contributed by atoms with van der Waals surface area (Å²) < 4.78 is 1.64. The fourth-order valence-corrected chi connectivity index (χ4v) is 7.81. The van der Waals surface area contributed by atoms with E-state index in [1.165, 1.54) is 42.0 Å². The number of carbonyl (C=O) groups excluding carboxylic acids is 3. The number of anilines is 1. The van der Waals surface area contributed by atoms with Gasteiger partial charge in [0.05, 0.1) is 21.9 Å². The molecule has 0 spiro atoms. The Morgan fingerprint density at radius 2 is 2.11 bits per heavy atom. The average molecular weight is 571 g/mol. The van der Waals surface area contributed by atoms with Crippen LogP contribution in [0.25, 0.3) is 10.2 Å². The normalized spacial score (nSPS) is 19.4. The van der Waals surface area contributed by atoms with Gasteiger partial charge in [0.2, 0.25) is 0 Å². The molecule has 2 atom stereocenters. The van der Waals surface area contributed by atoms with Crippen molar-refractivity contribution in [1.29, 1.82) is 0 Å². The van der Waals surface area contributed by atoms with Gasteiger partial charge in [0, 0.05) is 16.0 Å². The standard InChI is InChI=1S/C20H16N6O5S4.Na/c1-31-25-12(9-6-33-19(21)22-9)15(27)24-13-16(28)26-14(18(29)30)11(7-32-17(13)26)35-20-23-8-4-2-3-5-10(8)34-20;/h2-6,13,17H,7H2,1H3,(H2,21,22)(H,24,27)(H,29,30);/q;+1/p-1/b25-12-;/t13?,17-;/m1./s1. The van der Waals surface area contributed by atoms with Gasteiger partial charge in [0.15, 0.2) is 15.2 Å².